The first-order chi connectivity index (χ1) is 9.67. The van der Waals surface area contributed by atoms with E-state index in [1.807, 2.05) is 12.1 Å². The molecule has 0 aliphatic carbocycles. The summed E-state index contributed by atoms with van der Waals surface area (Å²) in [6.45, 7) is 5.76. The van der Waals surface area contributed by atoms with Crippen molar-refractivity contribution in [2.75, 3.05) is 11.9 Å². The lowest BCUT2D eigenvalue weighted by atomic mass is 10.2. The molecule has 0 fully saturated rings. The van der Waals surface area contributed by atoms with Crippen LogP contribution in [-0.2, 0) is 6.54 Å². The number of nitrogens with one attached hydrogen (secondary N) is 1. The summed E-state index contributed by atoms with van der Waals surface area (Å²) in [5.74, 6) is 0.941. The molecule has 0 aliphatic heterocycles. The van der Waals surface area contributed by atoms with Gasteiger partial charge in [-0.05, 0) is 54.8 Å². The highest BCUT2D eigenvalue weighted by molar-refractivity contribution is 9.10. The Bertz CT molecular complexity index is 548. The van der Waals surface area contributed by atoms with E-state index in [9.17, 15) is 0 Å². The van der Waals surface area contributed by atoms with Crippen LogP contribution in [0.2, 0.25) is 0 Å². The Kier molecular flexibility index (Phi) is 5.48. The molecule has 0 saturated heterocycles. The molecule has 0 atom stereocenters. The number of halogens is 1. The monoisotopic (exact) mass is 333 g/mol. The van der Waals surface area contributed by atoms with Crippen LogP contribution in [0.3, 0.4) is 0 Å². The topological polar surface area (TPSA) is 21.3 Å². The van der Waals surface area contributed by atoms with Crippen molar-refractivity contribution < 1.29 is 4.74 Å². The maximum Gasteiger partial charge on any atom is 0.119 e. The van der Waals surface area contributed by atoms with Crippen molar-refractivity contribution in [2.24, 2.45) is 0 Å². The minimum Gasteiger partial charge on any atom is -0.494 e. The van der Waals surface area contributed by atoms with Crippen LogP contribution in [0.5, 0.6) is 5.75 Å². The largest absolute Gasteiger partial charge is 0.494 e. The quantitative estimate of drug-likeness (QED) is 0.788. The van der Waals surface area contributed by atoms with Crippen molar-refractivity contribution >= 4 is 21.6 Å². The van der Waals surface area contributed by atoms with Gasteiger partial charge >= 0.3 is 0 Å². The van der Waals surface area contributed by atoms with Crippen LogP contribution in [0.1, 0.15) is 24.5 Å². The lowest BCUT2D eigenvalue weighted by molar-refractivity contribution is 0.317. The second kappa shape index (κ2) is 7.34. The average molecular weight is 334 g/mol. The molecule has 1 N–H and O–H groups in total. The fraction of sp³-hybridized carbons (Fsp3) is 0.294. The minimum absolute atomic E-state index is 0.766. The second-order valence-corrected chi connectivity index (χ2v) is 5.78. The third kappa shape index (κ3) is 4.57. The second-order valence-electron chi connectivity index (χ2n) is 4.87. The third-order valence-corrected chi connectivity index (χ3v) is 3.37. The summed E-state index contributed by atoms with van der Waals surface area (Å²) in [6.07, 6.45) is 1.03. The first kappa shape index (κ1) is 14.9. The van der Waals surface area contributed by atoms with E-state index in [2.05, 4.69) is 65.4 Å². The molecule has 0 unspecified atom stereocenters. The van der Waals surface area contributed by atoms with Gasteiger partial charge in [0.2, 0.25) is 0 Å². The number of hydrogen-bond acceptors (Lipinski definition) is 2. The fourth-order valence-electron chi connectivity index (χ4n) is 2.01. The SMILES string of the molecule is CCCOc1cccc(CNc2cc(C)cc(Br)c2)c1. The van der Waals surface area contributed by atoms with E-state index < -0.39 is 0 Å². The highest BCUT2D eigenvalue weighted by atomic mass is 79.9. The van der Waals surface area contributed by atoms with Crippen molar-refractivity contribution in [1.29, 1.82) is 0 Å². The number of rotatable bonds is 6. The molecular formula is C17H20BrNO. The number of aryl methyl sites for hydroxylation is 1. The smallest absolute Gasteiger partial charge is 0.119 e. The van der Waals surface area contributed by atoms with Crippen molar-refractivity contribution in [2.45, 2.75) is 26.8 Å². The fourth-order valence-corrected chi connectivity index (χ4v) is 2.62. The molecule has 0 aromatic heterocycles. The van der Waals surface area contributed by atoms with Crippen LogP contribution in [-0.4, -0.2) is 6.61 Å². The molecule has 0 bridgehead atoms. The number of anilines is 1. The molecule has 0 amide bonds. The zero-order valence-corrected chi connectivity index (χ0v) is 13.5. The molecule has 106 valence electrons. The predicted octanol–water partition coefficient (Wildman–Crippen LogP) is 5.16. The van der Waals surface area contributed by atoms with E-state index >= 15 is 0 Å². The molecule has 0 spiro atoms. The van der Waals surface area contributed by atoms with Crippen molar-refractivity contribution in [3.05, 3.63) is 58.1 Å². The van der Waals surface area contributed by atoms with Crippen molar-refractivity contribution in [1.82, 2.24) is 0 Å². The van der Waals surface area contributed by atoms with Crippen molar-refractivity contribution in [3.63, 3.8) is 0 Å². The summed E-state index contributed by atoms with van der Waals surface area (Å²) < 4.78 is 6.75. The minimum atomic E-state index is 0.766. The van der Waals surface area contributed by atoms with Gasteiger partial charge in [0, 0.05) is 16.7 Å². The van der Waals surface area contributed by atoms with Gasteiger partial charge in [-0.25, -0.2) is 0 Å². The molecule has 0 radical (unpaired) electrons. The van der Waals surface area contributed by atoms with Gasteiger partial charge in [-0.2, -0.15) is 0 Å². The maximum absolute atomic E-state index is 5.65. The molecule has 20 heavy (non-hydrogen) atoms. The van der Waals surface area contributed by atoms with E-state index in [-0.39, 0.29) is 0 Å². The average Bonchev–Trinajstić information content (AvgIpc) is 2.42. The van der Waals surface area contributed by atoms with Gasteiger partial charge < -0.3 is 10.1 Å². The molecule has 2 rings (SSSR count). The molecular weight excluding hydrogens is 314 g/mol. The number of ether oxygens (including phenoxy) is 1. The summed E-state index contributed by atoms with van der Waals surface area (Å²) in [7, 11) is 0. The lowest BCUT2D eigenvalue weighted by Gasteiger charge is -2.10. The highest BCUT2D eigenvalue weighted by Gasteiger charge is 1.99. The molecule has 0 aliphatic rings. The third-order valence-electron chi connectivity index (χ3n) is 2.91. The molecule has 2 nitrogen and oxygen atoms in total. The lowest BCUT2D eigenvalue weighted by Crippen LogP contribution is -2.01. The zero-order chi connectivity index (χ0) is 14.4. The van der Waals surface area contributed by atoms with Gasteiger partial charge in [0.1, 0.15) is 5.75 Å². The number of benzene rings is 2. The predicted molar refractivity (Wildman–Crippen MR) is 88.4 cm³/mol. The summed E-state index contributed by atoms with van der Waals surface area (Å²) in [6, 6.07) is 14.6. The molecule has 2 aromatic carbocycles. The first-order valence-corrected chi connectivity index (χ1v) is 7.69. The zero-order valence-electron chi connectivity index (χ0n) is 11.9. The van der Waals surface area contributed by atoms with E-state index in [1.165, 1.54) is 11.1 Å². The van der Waals surface area contributed by atoms with Gasteiger partial charge in [-0.1, -0.05) is 35.0 Å². The summed E-state index contributed by atoms with van der Waals surface area (Å²) in [4.78, 5) is 0. The van der Waals surface area contributed by atoms with Gasteiger partial charge in [-0.3, -0.25) is 0 Å². The standard InChI is InChI=1S/C17H20BrNO/c1-3-7-20-17-6-4-5-14(10-17)12-19-16-9-13(2)8-15(18)11-16/h4-6,8-11,19H,3,7,12H2,1-2H3. The van der Waals surface area contributed by atoms with E-state index in [0.29, 0.717) is 0 Å². The molecule has 3 heteroatoms. The van der Waals surface area contributed by atoms with Crippen LogP contribution < -0.4 is 10.1 Å². The van der Waals surface area contributed by atoms with Crippen LogP contribution in [0.25, 0.3) is 0 Å². The molecule has 0 heterocycles. The summed E-state index contributed by atoms with van der Waals surface area (Å²) in [5.41, 5.74) is 3.58. The summed E-state index contributed by atoms with van der Waals surface area (Å²) >= 11 is 3.52. The van der Waals surface area contributed by atoms with Gasteiger partial charge in [0.25, 0.3) is 0 Å². The number of hydrogen-bond donors (Lipinski definition) is 1. The van der Waals surface area contributed by atoms with E-state index in [0.717, 1.165) is 35.5 Å². The Morgan fingerprint density at radius 2 is 2.00 bits per heavy atom. The van der Waals surface area contributed by atoms with Crippen LogP contribution in [0.15, 0.2) is 46.9 Å². The van der Waals surface area contributed by atoms with Gasteiger partial charge in [0.15, 0.2) is 0 Å². The Labute approximate surface area is 129 Å². The van der Waals surface area contributed by atoms with Crippen LogP contribution >= 0.6 is 15.9 Å². The Hall–Kier alpha value is -1.48. The Balaban J connectivity index is 1.99. The van der Waals surface area contributed by atoms with Gasteiger partial charge in [-0.15, -0.1) is 0 Å². The van der Waals surface area contributed by atoms with Crippen molar-refractivity contribution in [3.8, 4) is 5.75 Å². The first-order valence-electron chi connectivity index (χ1n) is 6.90. The summed E-state index contributed by atoms with van der Waals surface area (Å²) in [5, 5.41) is 3.44. The Morgan fingerprint density at radius 3 is 2.75 bits per heavy atom. The van der Waals surface area contributed by atoms with E-state index in [1.54, 1.807) is 0 Å². The van der Waals surface area contributed by atoms with E-state index in [4.69, 9.17) is 4.74 Å². The molecule has 0 saturated carbocycles. The van der Waals surface area contributed by atoms with Crippen LogP contribution in [0.4, 0.5) is 5.69 Å². The normalized spacial score (nSPS) is 10.3. The van der Waals surface area contributed by atoms with Gasteiger partial charge in [0.05, 0.1) is 6.61 Å². The molecule has 2 aromatic rings. The highest BCUT2D eigenvalue weighted by Crippen LogP contribution is 2.20. The van der Waals surface area contributed by atoms with Crippen LogP contribution in [0, 0.1) is 6.92 Å². The Morgan fingerprint density at radius 1 is 1.15 bits per heavy atom. The maximum atomic E-state index is 5.65.